The zero-order chi connectivity index (χ0) is 22.3. The Bertz CT molecular complexity index is 964. The number of esters is 1. The van der Waals surface area contributed by atoms with E-state index in [0.29, 0.717) is 12.2 Å². The second-order valence-electron chi connectivity index (χ2n) is 8.49. The van der Waals surface area contributed by atoms with Crippen molar-refractivity contribution in [2.24, 2.45) is 0 Å². The average Bonchev–Trinajstić information content (AvgIpc) is 2.79. The highest BCUT2D eigenvalue weighted by Crippen LogP contribution is 2.36. The molecule has 0 amide bonds. The first-order chi connectivity index (χ1) is 14.9. The number of carbonyl (C=O) groups excluding carboxylic acids is 1. The highest BCUT2D eigenvalue weighted by atomic mass is 28.4. The van der Waals surface area contributed by atoms with Crippen LogP contribution >= 0.6 is 0 Å². The van der Waals surface area contributed by atoms with Crippen molar-refractivity contribution in [3.8, 4) is 0 Å². The Balaban J connectivity index is 1.88. The highest BCUT2D eigenvalue weighted by molar-refractivity contribution is 6.99. The third kappa shape index (κ3) is 5.04. The standard InChI is InChI=1S/C27H30O3Si/c1-27(2,3)31(24-13-7-5-8-14-24,25-15-9-6-10-16-25)30-21-11-12-22-17-19-23(20-18-22)26(28)29-4/h5-20H,21H2,1-4H3. The summed E-state index contributed by atoms with van der Waals surface area (Å²) in [5.41, 5.74) is 1.56. The molecule has 0 aliphatic rings. The Morgan fingerprint density at radius 1 is 0.839 bits per heavy atom. The van der Waals surface area contributed by atoms with Crippen LogP contribution in [-0.2, 0) is 9.16 Å². The van der Waals surface area contributed by atoms with Gasteiger partial charge >= 0.3 is 5.97 Å². The van der Waals surface area contributed by atoms with Crippen molar-refractivity contribution in [2.75, 3.05) is 13.7 Å². The van der Waals surface area contributed by atoms with Gasteiger partial charge in [0.15, 0.2) is 0 Å². The van der Waals surface area contributed by atoms with Crippen LogP contribution in [0.4, 0.5) is 0 Å². The fraction of sp³-hybridized carbons (Fsp3) is 0.222. The normalized spacial score (nSPS) is 12.1. The molecule has 0 saturated carbocycles. The Morgan fingerprint density at radius 2 is 1.35 bits per heavy atom. The number of rotatable bonds is 7. The minimum Gasteiger partial charge on any atom is -0.465 e. The predicted octanol–water partition coefficient (Wildman–Crippen LogP) is 5.06. The lowest BCUT2D eigenvalue weighted by atomic mass is 10.1. The van der Waals surface area contributed by atoms with Gasteiger partial charge in [-0.3, -0.25) is 0 Å². The van der Waals surface area contributed by atoms with Gasteiger partial charge in [0, 0.05) is 0 Å². The molecule has 0 spiro atoms. The van der Waals surface area contributed by atoms with E-state index in [2.05, 4.69) is 69.3 Å². The van der Waals surface area contributed by atoms with E-state index in [9.17, 15) is 4.79 Å². The fourth-order valence-corrected chi connectivity index (χ4v) is 8.47. The van der Waals surface area contributed by atoms with Crippen molar-refractivity contribution >= 4 is 30.7 Å². The van der Waals surface area contributed by atoms with Gasteiger partial charge in [-0.2, -0.15) is 0 Å². The first-order valence-corrected chi connectivity index (χ1v) is 12.4. The summed E-state index contributed by atoms with van der Waals surface area (Å²) in [6.07, 6.45) is 4.07. The van der Waals surface area contributed by atoms with Crippen LogP contribution < -0.4 is 10.4 Å². The predicted molar refractivity (Wildman–Crippen MR) is 130 cm³/mol. The lowest BCUT2D eigenvalue weighted by Gasteiger charge is -2.42. The van der Waals surface area contributed by atoms with Gasteiger partial charge in [-0.25, -0.2) is 4.79 Å². The van der Waals surface area contributed by atoms with Crippen LogP contribution in [0.3, 0.4) is 0 Å². The molecule has 0 atom stereocenters. The summed E-state index contributed by atoms with van der Waals surface area (Å²) in [6, 6.07) is 28.6. The molecule has 3 aromatic carbocycles. The number of methoxy groups -OCH3 is 1. The lowest BCUT2D eigenvalue weighted by Crippen LogP contribution is -2.66. The van der Waals surface area contributed by atoms with Gasteiger partial charge in [-0.1, -0.05) is 106 Å². The maximum absolute atomic E-state index is 11.6. The molecule has 0 bridgehead atoms. The molecule has 0 aliphatic heterocycles. The van der Waals surface area contributed by atoms with Gasteiger partial charge in [0.25, 0.3) is 8.32 Å². The molecule has 4 heteroatoms. The highest BCUT2D eigenvalue weighted by Gasteiger charge is 2.49. The number of hydrogen-bond acceptors (Lipinski definition) is 3. The summed E-state index contributed by atoms with van der Waals surface area (Å²) >= 11 is 0. The summed E-state index contributed by atoms with van der Waals surface area (Å²) in [5, 5.41) is 2.49. The molecule has 0 radical (unpaired) electrons. The first kappa shape index (κ1) is 22.7. The van der Waals surface area contributed by atoms with Gasteiger partial charge in [0.2, 0.25) is 0 Å². The average molecular weight is 431 g/mol. The Hall–Kier alpha value is -2.95. The third-order valence-corrected chi connectivity index (χ3v) is 10.5. The molecule has 3 rings (SSSR count). The zero-order valence-corrected chi connectivity index (χ0v) is 19.7. The minimum absolute atomic E-state index is 0.0499. The molecule has 0 heterocycles. The SMILES string of the molecule is COC(=O)c1ccc(C=CCO[Si](c2ccccc2)(c2ccccc2)C(C)(C)C)cc1. The second kappa shape index (κ2) is 9.90. The molecule has 0 fully saturated rings. The largest absolute Gasteiger partial charge is 0.465 e. The molecule has 0 aromatic heterocycles. The van der Waals surface area contributed by atoms with Crippen molar-refractivity contribution in [3.63, 3.8) is 0 Å². The van der Waals surface area contributed by atoms with Gasteiger partial charge in [0.1, 0.15) is 0 Å². The molecule has 0 unspecified atom stereocenters. The van der Waals surface area contributed by atoms with E-state index in [4.69, 9.17) is 9.16 Å². The Kier molecular flexibility index (Phi) is 7.26. The quantitative estimate of drug-likeness (QED) is 0.388. The summed E-state index contributed by atoms with van der Waals surface area (Å²) < 4.78 is 11.6. The molecule has 3 aromatic rings. The van der Waals surface area contributed by atoms with E-state index < -0.39 is 8.32 Å². The smallest absolute Gasteiger partial charge is 0.337 e. The van der Waals surface area contributed by atoms with E-state index in [1.807, 2.05) is 36.4 Å². The molecule has 31 heavy (non-hydrogen) atoms. The number of hydrogen-bond donors (Lipinski definition) is 0. The number of ether oxygens (including phenoxy) is 1. The lowest BCUT2D eigenvalue weighted by molar-refractivity contribution is 0.0600. The topological polar surface area (TPSA) is 35.5 Å². The van der Waals surface area contributed by atoms with Gasteiger partial charge in [-0.05, 0) is 33.1 Å². The molecule has 160 valence electrons. The van der Waals surface area contributed by atoms with Crippen molar-refractivity contribution in [1.82, 2.24) is 0 Å². The molecule has 0 aliphatic carbocycles. The van der Waals surface area contributed by atoms with Crippen LogP contribution in [0.2, 0.25) is 5.04 Å². The summed E-state index contributed by atoms with van der Waals surface area (Å²) in [4.78, 5) is 11.6. The molecule has 3 nitrogen and oxygen atoms in total. The van der Waals surface area contributed by atoms with Crippen LogP contribution in [-0.4, -0.2) is 28.0 Å². The van der Waals surface area contributed by atoms with E-state index in [1.165, 1.54) is 17.5 Å². The maximum Gasteiger partial charge on any atom is 0.337 e. The minimum atomic E-state index is -2.53. The summed E-state index contributed by atoms with van der Waals surface area (Å²) in [5.74, 6) is -0.328. The van der Waals surface area contributed by atoms with Crippen LogP contribution in [0.1, 0.15) is 36.7 Å². The Morgan fingerprint density at radius 3 is 1.81 bits per heavy atom. The molecular formula is C27H30O3Si. The van der Waals surface area contributed by atoms with E-state index in [0.717, 1.165) is 5.56 Å². The number of benzene rings is 3. The van der Waals surface area contributed by atoms with E-state index in [-0.39, 0.29) is 11.0 Å². The van der Waals surface area contributed by atoms with Crippen molar-refractivity contribution in [1.29, 1.82) is 0 Å². The van der Waals surface area contributed by atoms with Crippen molar-refractivity contribution in [3.05, 3.63) is 102 Å². The van der Waals surface area contributed by atoms with Gasteiger partial charge in [-0.15, -0.1) is 0 Å². The van der Waals surface area contributed by atoms with Gasteiger partial charge < -0.3 is 9.16 Å². The Labute approximate surface area is 186 Å². The van der Waals surface area contributed by atoms with Crippen LogP contribution in [0.15, 0.2) is 91.0 Å². The second-order valence-corrected chi connectivity index (χ2v) is 12.8. The molecular weight excluding hydrogens is 400 g/mol. The third-order valence-electron chi connectivity index (χ3n) is 5.45. The van der Waals surface area contributed by atoms with Crippen LogP contribution in [0, 0.1) is 0 Å². The number of carbonyl (C=O) groups is 1. The van der Waals surface area contributed by atoms with Crippen molar-refractivity contribution in [2.45, 2.75) is 25.8 Å². The fourth-order valence-electron chi connectivity index (χ4n) is 3.97. The van der Waals surface area contributed by atoms with Crippen LogP contribution in [0.25, 0.3) is 6.08 Å². The first-order valence-electron chi connectivity index (χ1n) is 10.5. The van der Waals surface area contributed by atoms with E-state index >= 15 is 0 Å². The maximum atomic E-state index is 11.6. The van der Waals surface area contributed by atoms with Gasteiger partial charge in [0.05, 0.1) is 19.3 Å². The monoisotopic (exact) mass is 430 g/mol. The molecule has 0 N–H and O–H groups in total. The molecule has 0 saturated heterocycles. The summed E-state index contributed by atoms with van der Waals surface area (Å²) in [6.45, 7) is 7.32. The van der Waals surface area contributed by atoms with Crippen molar-refractivity contribution < 1.29 is 14.0 Å². The zero-order valence-electron chi connectivity index (χ0n) is 18.7. The summed E-state index contributed by atoms with van der Waals surface area (Å²) in [7, 11) is -1.14. The van der Waals surface area contributed by atoms with E-state index in [1.54, 1.807) is 12.1 Å². The van der Waals surface area contributed by atoms with Crippen LogP contribution in [0.5, 0.6) is 0 Å².